The molecule has 0 aliphatic heterocycles. The molecule has 3 nitrogen and oxygen atoms in total. The molecule has 0 aromatic carbocycles. The van der Waals surface area contributed by atoms with Crippen LogP contribution in [-0.4, -0.2) is 15.7 Å². The maximum atomic E-state index is 10.1. The van der Waals surface area contributed by atoms with Gasteiger partial charge in [0.05, 0.1) is 5.60 Å². The molecule has 0 amide bonds. The van der Waals surface area contributed by atoms with Gasteiger partial charge in [-0.05, 0) is 24.5 Å². The lowest BCUT2D eigenvalue weighted by Crippen LogP contribution is -2.33. The summed E-state index contributed by atoms with van der Waals surface area (Å²) in [5.74, 6) is 0.704. The van der Waals surface area contributed by atoms with Crippen LogP contribution < -0.4 is 5.73 Å². The smallest absolute Gasteiger partial charge is 0.126 e. The average molecular weight is 194 g/mol. The van der Waals surface area contributed by atoms with E-state index in [4.69, 9.17) is 5.73 Å². The normalized spacial score (nSPS) is 15.5. The van der Waals surface area contributed by atoms with Crippen molar-refractivity contribution in [1.29, 1.82) is 0 Å². The van der Waals surface area contributed by atoms with E-state index in [0.29, 0.717) is 12.2 Å². The van der Waals surface area contributed by atoms with E-state index >= 15 is 0 Å². The van der Waals surface area contributed by atoms with Gasteiger partial charge in [-0.3, -0.25) is 0 Å². The van der Waals surface area contributed by atoms with Gasteiger partial charge >= 0.3 is 0 Å². The number of nitrogens with two attached hydrogens (primary N) is 1. The summed E-state index contributed by atoms with van der Waals surface area (Å²) in [5.41, 5.74) is 5.89. The van der Waals surface area contributed by atoms with E-state index in [2.05, 4.69) is 4.98 Å². The van der Waals surface area contributed by atoms with Crippen LogP contribution in [0.3, 0.4) is 0 Å². The third-order valence-electron chi connectivity index (χ3n) is 2.72. The molecule has 1 unspecified atom stereocenters. The molecule has 0 spiro atoms. The first-order chi connectivity index (χ1) is 6.43. The fraction of sp³-hybridized carbons (Fsp3) is 0.545. The summed E-state index contributed by atoms with van der Waals surface area (Å²) >= 11 is 0. The van der Waals surface area contributed by atoms with Crippen molar-refractivity contribution in [2.75, 3.05) is 5.73 Å². The van der Waals surface area contributed by atoms with E-state index in [-0.39, 0.29) is 5.92 Å². The molecular formula is C11H18N2O. The summed E-state index contributed by atoms with van der Waals surface area (Å²) in [7, 11) is 0. The standard InChI is InChI=1S/C11H18N2O/c1-8(2)11(3,14)7-9-5-4-6-13-10(9)12/h4-6,8,14H,7H2,1-3H3,(H2,12,13). The highest BCUT2D eigenvalue weighted by molar-refractivity contribution is 5.39. The first kappa shape index (κ1) is 11.0. The minimum atomic E-state index is -0.725. The Balaban J connectivity index is 2.84. The topological polar surface area (TPSA) is 59.1 Å². The molecule has 0 saturated heterocycles. The number of hydrogen-bond donors (Lipinski definition) is 2. The van der Waals surface area contributed by atoms with Crippen molar-refractivity contribution < 1.29 is 5.11 Å². The molecule has 1 aromatic rings. The molecule has 1 heterocycles. The second-order valence-corrected chi connectivity index (χ2v) is 4.24. The number of aliphatic hydroxyl groups is 1. The monoisotopic (exact) mass is 194 g/mol. The van der Waals surface area contributed by atoms with Crippen molar-refractivity contribution in [1.82, 2.24) is 4.98 Å². The number of nitrogens with zero attached hydrogens (tertiary/aromatic N) is 1. The van der Waals surface area contributed by atoms with Gasteiger partial charge in [0.15, 0.2) is 0 Å². The molecular weight excluding hydrogens is 176 g/mol. The Hall–Kier alpha value is -1.09. The van der Waals surface area contributed by atoms with Gasteiger partial charge in [0, 0.05) is 12.6 Å². The maximum absolute atomic E-state index is 10.1. The van der Waals surface area contributed by atoms with Gasteiger partial charge in [0.2, 0.25) is 0 Å². The SMILES string of the molecule is CC(C)C(C)(O)Cc1cccnc1N. The van der Waals surface area contributed by atoms with Crippen LogP contribution in [-0.2, 0) is 6.42 Å². The molecule has 1 atom stereocenters. The first-order valence-corrected chi connectivity index (χ1v) is 4.85. The van der Waals surface area contributed by atoms with Crippen LogP contribution in [0.5, 0.6) is 0 Å². The van der Waals surface area contributed by atoms with E-state index < -0.39 is 5.60 Å². The molecule has 14 heavy (non-hydrogen) atoms. The van der Waals surface area contributed by atoms with Crippen LogP contribution in [0.25, 0.3) is 0 Å². The van der Waals surface area contributed by atoms with Crippen molar-refractivity contribution in [3.63, 3.8) is 0 Å². The maximum Gasteiger partial charge on any atom is 0.126 e. The van der Waals surface area contributed by atoms with E-state index in [1.807, 2.05) is 32.9 Å². The van der Waals surface area contributed by atoms with Gasteiger partial charge in [0.25, 0.3) is 0 Å². The Kier molecular flexibility index (Phi) is 3.11. The quantitative estimate of drug-likeness (QED) is 0.768. The largest absolute Gasteiger partial charge is 0.390 e. The zero-order chi connectivity index (χ0) is 10.8. The van der Waals surface area contributed by atoms with E-state index in [1.165, 1.54) is 0 Å². The number of hydrogen-bond acceptors (Lipinski definition) is 3. The van der Waals surface area contributed by atoms with Crippen LogP contribution >= 0.6 is 0 Å². The predicted octanol–water partition coefficient (Wildman–Crippen LogP) is 1.61. The van der Waals surface area contributed by atoms with Gasteiger partial charge < -0.3 is 10.8 Å². The highest BCUT2D eigenvalue weighted by Gasteiger charge is 2.25. The molecule has 3 N–H and O–H groups in total. The third kappa shape index (κ3) is 2.45. The molecule has 78 valence electrons. The lowest BCUT2D eigenvalue weighted by molar-refractivity contribution is 0.0140. The van der Waals surface area contributed by atoms with Crippen LogP contribution in [0.15, 0.2) is 18.3 Å². The van der Waals surface area contributed by atoms with E-state index in [0.717, 1.165) is 5.56 Å². The molecule has 1 rings (SSSR count). The number of nitrogen functional groups attached to an aromatic ring is 1. The molecule has 1 aromatic heterocycles. The predicted molar refractivity (Wildman–Crippen MR) is 57.8 cm³/mol. The van der Waals surface area contributed by atoms with Crippen molar-refractivity contribution in [2.24, 2.45) is 5.92 Å². The van der Waals surface area contributed by atoms with Gasteiger partial charge in [-0.2, -0.15) is 0 Å². The second-order valence-electron chi connectivity index (χ2n) is 4.24. The zero-order valence-corrected chi connectivity index (χ0v) is 8.99. The fourth-order valence-corrected chi connectivity index (χ4v) is 1.19. The number of pyridine rings is 1. The molecule has 0 radical (unpaired) electrons. The molecule has 0 bridgehead atoms. The van der Waals surface area contributed by atoms with Crippen molar-refractivity contribution in [3.8, 4) is 0 Å². The Labute approximate surface area is 85.0 Å². The van der Waals surface area contributed by atoms with Gasteiger partial charge in [-0.25, -0.2) is 4.98 Å². The molecule has 0 fully saturated rings. The third-order valence-corrected chi connectivity index (χ3v) is 2.72. The highest BCUT2D eigenvalue weighted by Crippen LogP contribution is 2.23. The van der Waals surface area contributed by atoms with Crippen molar-refractivity contribution in [3.05, 3.63) is 23.9 Å². The summed E-state index contributed by atoms with van der Waals surface area (Å²) in [6, 6.07) is 3.74. The Bertz CT molecular complexity index is 308. The van der Waals surface area contributed by atoms with Crippen molar-refractivity contribution in [2.45, 2.75) is 32.8 Å². The summed E-state index contributed by atoms with van der Waals surface area (Å²) < 4.78 is 0. The summed E-state index contributed by atoms with van der Waals surface area (Å²) in [4.78, 5) is 3.99. The van der Waals surface area contributed by atoms with E-state index in [1.54, 1.807) is 6.20 Å². The first-order valence-electron chi connectivity index (χ1n) is 4.85. The minimum Gasteiger partial charge on any atom is -0.390 e. The highest BCUT2D eigenvalue weighted by atomic mass is 16.3. The Morgan fingerprint density at radius 1 is 1.57 bits per heavy atom. The number of anilines is 1. The lowest BCUT2D eigenvalue weighted by atomic mass is 9.86. The minimum absolute atomic E-state index is 0.196. The van der Waals surface area contributed by atoms with Gasteiger partial charge in [-0.1, -0.05) is 19.9 Å². The molecule has 0 saturated carbocycles. The molecule has 0 aliphatic rings. The summed E-state index contributed by atoms with van der Waals surface area (Å²) in [5, 5.41) is 10.1. The molecule has 0 aliphatic carbocycles. The zero-order valence-electron chi connectivity index (χ0n) is 8.99. The Morgan fingerprint density at radius 2 is 2.21 bits per heavy atom. The summed E-state index contributed by atoms with van der Waals surface area (Å²) in [6.07, 6.45) is 2.20. The van der Waals surface area contributed by atoms with Gasteiger partial charge in [0.1, 0.15) is 5.82 Å². The van der Waals surface area contributed by atoms with Crippen molar-refractivity contribution >= 4 is 5.82 Å². The summed E-state index contributed by atoms with van der Waals surface area (Å²) in [6.45, 7) is 5.81. The van der Waals surface area contributed by atoms with Crippen LogP contribution in [0.4, 0.5) is 5.82 Å². The van der Waals surface area contributed by atoms with Crippen LogP contribution in [0, 0.1) is 5.92 Å². The van der Waals surface area contributed by atoms with E-state index in [9.17, 15) is 5.11 Å². The average Bonchev–Trinajstić information content (AvgIpc) is 2.08. The Morgan fingerprint density at radius 3 is 2.71 bits per heavy atom. The van der Waals surface area contributed by atoms with Crippen LogP contribution in [0.1, 0.15) is 26.3 Å². The fourth-order valence-electron chi connectivity index (χ4n) is 1.19. The second kappa shape index (κ2) is 3.96. The van der Waals surface area contributed by atoms with Crippen LogP contribution in [0.2, 0.25) is 0 Å². The number of aromatic nitrogens is 1. The van der Waals surface area contributed by atoms with Gasteiger partial charge in [-0.15, -0.1) is 0 Å². The lowest BCUT2D eigenvalue weighted by Gasteiger charge is -2.27. The number of rotatable bonds is 3. The molecule has 3 heteroatoms.